The van der Waals surface area contributed by atoms with Gasteiger partial charge in [-0.2, -0.15) is 0 Å². The Kier molecular flexibility index (Phi) is 6.57. The Hall–Kier alpha value is -6.00. The Morgan fingerprint density at radius 3 is 1.63 bits per heavy atom. The predicted molar refractivity (Wildman–Crippen MR) is 224 cm³/mol. The highest BCUT2D eigenvalue weighted by atomic mass is 32.1. The molecule has 0 unspecified atom stereocenters. The molecule has 11 rings (SSSR count). The fourth-order valence-corrected chi connectivity index (χ4v) is 11.1. The van der Waals surface area contributed by atoms with Gasteiger partial charge in [-0.1, -0.05) is 146 Å². The van der Waals surface area contributed by atoms with Crippen LogP contribution in [0.1, 0.15) is 22.3 Å². The molecule has 1 nitrogen and oxygen atoms in total. The van der Waals surface area contributed by atoms with Gasteiger partial charge in [0.05, 0.1) is 15.8 Å². The molecule has 2 aromatic heterocycles. The lowest BCUT2D eigenvalue weighted by Crippen LogP contribution is -2.28. The van der Waals surface area contributed by atoms with Crippen LogP contribution in [0, 0.1) is 0 Å². The Labute approximate surface area is 310 Å². The standard InChI is InChI=1S/C49H31NS2/c1-2-13-32(14-3-1)49(42-20-8-4-15-36(42)37-16-5-9-21-43(37)49)33-25-27-34(28-26-33)50(35-29-30-40-38-17-6-10-23-45(38)51-47(40)31-35)44-22-12-19-41-39-18-7-11-24-46(39)52-48(41)44/h1-31H. The maximum absolute atomic E-state index is 2.47. The van der Waals surface area contributed by atoms with Crippen LogP contribution in [0.2, 0.25) is 0 Å². The summed E-state index contributed by atoms with van der Waals surface area (Å²) in [5, 5.41) is 5.23. The zero-order valence-electron chi connectivity index (χ0n) is 28.2. The van der Waals surface area contributed by atoms with E-state index < -0.39 is 5.41 Å². The highest BCUT2D eigenvalue weighted by molar-refractivity contribution is 7.26. The Morgan fingerprint density at radius 2 is 0.904 bits per heavy atom. The van der Waals surface area contributed by atoms with Gasteiger partial charge in [0.25, 0.3) is 0 Å². The SMILES string of the molecule is c1ccc(C2(c3ccc(N(c4ccc5c(c4)sc4ccccc45)c4cccc5c4sc4ccccc45)cc3)c3ccccc3-c3ccccc32)cc1. The lowest BCUT2D eigenvalue weighted by molar-refractivity contribution is 0.768. The summed E-state index contributed by atoms with van der Waals surface area (Å²) in [5.41, 5.74) is 10.9. The Balaban J connectivity index is 1.15. The van der Waals surface area contributed by atoms with Gasteiger partial charge in [-0.15, -0.1) is 22.7 Å². The topological polar surface area (TPSA) is 3.24 Å². The first-order valence-corrected chi connectivity index (χ1v) is 19.4. The molecular formula is C49H31NS2. The van der Waals surface area contributed by atoms with Gasteiger partial charge in [0.2, 0.25) is 0 Å². The van der Waals surface area contributed by atoms with Gasteiger partial charge < -0.3 is 4.90 Å². The van der Waals surface area contributed by atoms with Crippen molar-refractivity contribution >= 4 is 80.1 Å². The van der Waals surface area contributed by atoms with E-state index in [-0.39, 0.29) is 0 Å². The van der Waals surface area contributed by atoms with Crippen LogP contribution in [0.5, 0.6) is 0 Å². The molecule has 0 aliphatic heterocycles. The molecule has 244 valence electrons. The van der Waals surface area contributed by atoms with Gasteiger partial charge in [-0.05, 0) is 75.8 Å². The molecule has 0 bridgehead atoms. The van der Waals surface area contributed by atoms with Crippen molar-refractivity contribution in [2.75, 3.05) is 4.90 Å². The van der Waals surface area contributed by atoms with Crippen molar-refractivity contribution in [2.45, 2.75) is 5.41 Å². The predicted octanol–water partition coefficient (Wildman–Crippen LogP) is 14.3. The first kappa shape index (κ1) is 29.7. The molecule has 1 aliphatic carbocycles. The van der Waals surface area contributed by atoms with Crippen LogP contribution in [0.25, 0.3) is 51.5 Å². The van der Waals surface area contributed by atoms with Gasteiger partial charge in [-0.25, -0.2) is 0 Å². The van der Waals surface area contributed by atoms with E-state index in [0.29, 0.717) is 0 Å². The molecule has 0 spiro atoms. The van der Waals surface area contributed by atoms with Crippen LogP contribution in [0.4, 0.5) is 17.1 Å². The first-order valence-electron chi connectivity index (χ1n) is 17.8. The largest absolute Gasteiger partial charge is 0.309 e. The summed E-state index contributed by atoms with van der Waals surface area (Å²) in [6.45, 7) is 0. The van der Waals surface area contributed by atoms with Crippen molar-refractivity contribution in [3.63, 3.8) is 0 Å². The van der Waals surface area contributed by atoms with E-state index in [1.165, 1.54) is 79.4 Å². The molecule has 8 aromatic carbocycles. The van der Waals surface area contributed by atoms with E-state index in [0.717, 1.165) is 11.4 Å². The first-order chi connectivity index (χ1) is 25.8. The molecule has 3 heteroatoms. The molecule has 0 saturated heterocycles. The maximum atomic E-state index is 2.47. The maximum Gasteiger partial charge on any atom is 0.0713 e. The molecule has 0 saturated carbocycles. The van der Waals surface area contributed by atoms with Crippen LogP contribution in [0.15, 0.2) is 188 Å². The van der Waals surface area contributed by atoms with Crippen LogP contribution >= 0.6 is 22.7 Å². The minimum Gasteiger partial charge on any atom is -0.309 e. The number of hydrogen-bond acceptors (Lipinski definition) is 3. The van der Waals surface area contributed by atoms with Crippen molar-refractivity contribution in [3.05, 3.63) is 210 Å². The number of hydrogen-bond donors (Lipinski definition) is 0. The van der Waals surface area contributed by atoms with Crippen LogP contribution in [-0.2, 0) is 5.41 Å². The van der Waals surface area contributed by atoms with Crippen molar-refractivity contribution in [1.29, 1.82) is 0 Å². The Morgan fingerprint density at radius 1 is 0.365 bits per heavy atom. The number of thiophene rings is 2. The van der Waals surface area contributed by atoms with E-state index in [2.05, 4.69) is 193 Å². The summed E-state index contributed by atoms with van der Waals surface area (Å²) in [6, 6.07) is 69.7. The molecular weight excluding hydrogens is 667 g/mol. The van der Waals surface area contributed by atoms with Gasteiger partial charge in [0, 0.05) is 47.0 Å². The number of benzene rings is 8. The Bertz CT molecular complexity index is 2920. The summed E-state index contributed by atoms with van der Waals surface area (Å²) >= 11 is 3.75. The molecule has 10 aromatic rings. The third-order valence-corrected chi connectivity index (χ3v) is 13.3. The molecule has 1 aliphatic rings. The smallest absolute Gasteiger partial charge is 0.0713 e. The summed E-state index contributed by atoms with van der Waals surface area (Å²) < 4.78 is 5.22. The van der Waals surface area contributed by atoms with Crippen molar-refractivity contribution < 1.29 is 0 Å². The fraction of sp³-hybridized carbons (Fsp3) is 0.0204. The normalized spacial score (nSPS) is 13.2. The van der Waals surface area contributed by atoms with Crippen molar-refractivity contribution in [1.82, 2.24) is 0 Å². The molecule has 2 heterocycles. The average molecular weight is 698 g/mol. The second-order valence-corrected chi connectivity index (χ2v) is 15.8. The monoisotopic (exact) mass is 697 g/mol. The fourth-order valence-electron chi connectivity index (χ4n) is 8.76. The van der Waals surface area contributed by atoms with Crippen molar-refractivity contribution in [3.8, 4) is 11.1 Å². The van der Waals surface area contributed by atoms with Gasteiger partial charge >= 0.3 is 0 Å². The number of nitrogens with zero attached hydrogens (tertiary/aromatic N) is 1. The van der Waals surface area contributed by atoms with E-state index in [1.807, 2.05) is 22.7 Å². The quantitative estimate of drug-likeness (QED) is 0.173. The molecule has 0 atom stereocenters. The lowest BCUT2D eigenvalue weighted by Gasteiger charge is -2.34. The molecule has 0 radical (unpaired) electrons. The number of anilines is 3. The number of rotatable bonds is 5. The molecule has 0 N–H and O–H groups in total. The van der Waals surface area contributed by atoms with Gasteiger partial charge in [0.1, 0.15) is 0 Å². The highest BCUT2D eigenvalue weighted by Crippen LogP contribution is 2.56. The average Bonchev–Trinajstić information content (AvgIpc) is 3.87. The van der Waals surface area contributed by atoms with Gasteiger partial charge in [0.15, 0.2) is 0 Å². The zero-order chi connectivity index (χ0) is 34.2. The summed E-state index contributed by atoms with van der Waals surface area (Å²) in [6.07, 6.45) is 0. The highest BCUT2D eigenvalue weighted by Gasteiger charge is 2.45. The van der Waals surface area contributed by atoms with Crippen LogP contribution in [0.3, 0.4) is 0 Å². The number of fused-ring (bicyclic) bond motifs is 9. The molecule has 52 heavy (non-hydrogen) atoms. The van der Waals surface area contributed by atoms with Crippen LogP contribution in [-0.4, -0.2) is 0 Å². The van der Waals surface area contributed by atoms with E-state index in [4.69, 9.17) is 0 Å². The summed E-state index contributed by atoms with van der Waals surface area (Å²) in [4.78, 5) is 2.47. The minimum absolute atomic E-state index is 0.431. The molecule has 0 amide bonds. The van der Waals surface area contributed by atoms with E-state index in [1.54, 1.807) is 0 Å². The minimum atomic E-state index is -0.431. The lowest BCUT2D eigenvalue weighted by atomic mass is 9.68. The summed E-state index contributed by atoms with van der Waals surface area (Å²) in [5.74, 6) is 0. The van der Waals surface area contributed by atoms with Gasteiger partial charge in [-0.3, -0.25) is 0 Å². The molecule has 0 fully saturated rings. The second-order valence-electron chi connectivity index (χ2n) is 13.6. The van der Waals surface area contributed by atoms with Crippen LogP contribution < -0.4 is 4.90 Å². The third-order valence-electron chi connectivity index (χ3n) is 11.0. The van der Waals surface area contributed by atoms with E-state index in [9.17, 15) is 0 Å². The third kappa shape index (κ3) is 4.21. The van der Waals surface area contributed by atoms with Crippen molar-refractivity contribution in [2.24, 2.45) is 0 Å². The summed E-state index contributed by atoms with van der Waals surface area (Å²) in [7, 11) is 0. The zero-order valence-corrected chi connectivity index (χ0v) is 29.8. The van der Waals surface area contributed by atoms with E-state index >= 15 is 0 Å². The second kappa shape index (κ2) is 11.5.